The Morgan fingerprint density at radius 3 is 2.55 bits per heavy atom. The molecule has 7 heteroatoms. The van der Waals surface area contributed by atoms with Crippen molar-refractivity contribution in [2.75, 3.05) is 13.2 Å². The Balaban J connectivity index is 4.03. The molecule has 6 nitrogen and oxygen atoms in total. The van der Waals surface area contributed by atoms with Crippen LogP contribution >= 0.6 is 0 Å². The molecule has 0 aliphatic rings. The summed E-state index contributed by atoms with van der Waals surface area (Å²) < 4.78 is 26.8. The molecule has 0 radical (unpaired) electrons. The number of hydrogen-bond donors (Lipinski definition) is 2. The van der Waals surface area contributed by atoms with Gasteiger partial charge >= 0.3 is 16.3 Å². The highest BCUT2D eigenvalue weighted by Crippen LogP contribution is 1.87. The first-order valence-corrected chi connectivity index (χ1v) is 4.25. The van der Waals surface area contributed by atoms with Gasteiger partial charge in [0.15, 0.2) is 0 Å². The minimum absolute atomic E-state index is 0.126. The van der Waals surface area contributed by atoms with Crippen molar-refractivity contribution in [2.24, 2.45) is 0 Å². The molecule has 0 rings (SSSR count). The maximum atomic E-state index is 10.5. The van der Waals surface area contributed by atoms with E-state index < -0.39 is 22.9 Å². The van der Waals surface area contributed by atoms with Crippen LogP contribution in [0.2, 0.25) is 0 Å². The van der Waals surface area contributed by atoms with E-state index >= 15 is 0 Å². The lowest BCUT2D eigenvalue weighted by Gasteiger charge is -2.02. The number of carbonyl (C=O) groups is 1. The Kier molecular flexibility index (Phi) is 4.01. The lowest BCUT2D eigenvalue weighted by Crippen LogP contribution is -2.28. The van der Waals surface area contributed by atoms with Crippen LogP contribution in [0.4, 0.5) is 0 Å². The predicted octanol–water partition coefficient (Wildman–Crippen LogP) is -1.62. The topological polar surface area (TPSA) is 92.7 Å². The summed E-state index contributed by atoms with van der Waals surface area (Å²) in [5.74, 6) is -1.20. The van der Waals surface area contributed by atoms with E-state index in [1.807, 2.05) is 4.72 Å². The summed E-state index contributed by atoms with van der Waals surface area (Å²) in [5.41, 5.74) is 0. The molecular formula is C4H9NO5S. The molecule has 0 aromatic heterocycles. The Morgan fingerprint density at radius 2 is 2.18 bits per heavy atom. The van der Waals surface area contributed by atoms with Crippen molar-refractivity contribution in [3.63, 3.8) is 0 Å². The SMILES string of the molecule is CCNS(=O)(=O)OC(=O)CO. The van der Waals surface area contributed by atoms with Gasteiger partial charge < -0.3 is 9.29 Å². The fraction of sp³-hybridized carbons (Fsp3) is 0.750. The molecule has 0 aliphatic heterocycles. The maximum absolute atomic E-state index is 10.5. The smallest absolute Gasteiger partial charge is 0.385 e. The van der Waals surface area contributed by atoms with Crippen LogP contribution in [0.3, 0.4) is 0 Å². The highest BCUT2D eigenvalue weighted by molar-refractivity contribution is 7.85. The molecule has 0 aromatic carbocycles. The van der Waals surface area contributed by atoms with Crippen LogP contribution in [-0.4, -0.2) is 32.6 Å². The third kappa shape index (κ3) is 4.71. The Morgan fingerprint density at radius 1 is 1.64 bits per heavy atom. The third-order valence-corrected chi connectivity index (χ3v) is 1.70. The minimum atomic E-state index is -4.00. The molecule has 66 valence electrons. The van der Waals surface area contributed by atoms with Gasteiger partial charge in [0.05, 0.1) is 0 Å². The average Bonchev–Trinajstić information content (AvgIpc) is 1.86. The van der Waals surface area contributed by atoms with Gasteiger partial charge in [-0.2, -0.15) is 13.1 Å². The highest BCUT2D eigenvalue weighted by Gasteiger charge is 2.13. The summed E-state index contributed by atoms with van der Waals surface area (Å²) in [4.78, 5) is 10.2. The number of carbonyl (C=O) groups excluding carboxylic acids is 1. The molecule has 0 spiro atoms. The van der Waals surface area contributed by atoms with Gasteiger partial charge in [-0.05, 0) is 0 Å². The number of nitrogens with one attached hydrogen (secondary N) is 1. The van der Waals surface area contributed by atoms with Crippen LogP contribution < -0.4 is 4.72 Å². The van der Waals surface area contributed by atoms with E-state index in [2.05, 4.69) is 4.18 Å². The predicted molar refractivity (Wildman–Crippen MR) is 35.8 cm³/mol. The first-order chi connectivity index (χ1) is 5.02. The molecule has 0 atom stereocenters. The van der Waals surface area contributed by atoms with Gasteiger partial charge in [-0.15, -0.1) is 0 Å². The van der Waals surface area contributed by atoms with Gasteiger partial charge in [-0.25, -0.2) is 4.79 Å². The maximum Gasteiger partial charge on any atom is 0.385 e. The van der Waals surface area contributed by atoms with Crippen molar-refractivity contribution in [2.45, 2.75) is 6.92 Å². The van der Waals surface area contributed by atoms with E-state index in [1.165, 1.54) is 6.92 Å². The molecule has 0 saturated heterocycles. The van der Waals surface area contributed by atoms with E-state index in [1.54, 1.807) is 0 Å². The van der Waals surface area contributed by atoms with E-state index in [4.69, 9.17) is 5.11 Å². The number of hydrogen-bond acceptors (Lipinski definition) is 5. The van der Waals surface area contributed by atoms with Crippen LogP contribution in [-0.2, 0) is 19.3 Å². The first kappa shape index (κ1) is 10.3. The van der Waals surface area contributed by atoms with E-state index in [9.17, 15) is 13.2 Å². The fourth-order valence-corrected chi connectivity index (χ4v) is 1.06. The van der Waals surface area contributed by atoms with Crippen molar-refractivity contribution in [3.8, 4) is 0 Å². The second-order valence-corrected chi connectivity index (χ2v) is 2.93. The quantitative estimate of drug-likeness (QED) is 0.546. The molecule has 0 aliphatic carbocycles. The number of aliphatic hydroxyl groups excluding tert-OH is 1. The van der Waals surface area contributed by atoms with Gasteiger partial charge in [0.2, 0.25) is 0 Å². The summed E-state index contributed by atoms with van der Waals surface area (Å²) in [6.07, 6.45) is 0. The Hall–Kier alpha value is -0.660. The Labute approximate surface area is 64.4 Å². The molecule has 11 heavy (non-hydrogen) atoms. The lowest BCUT2D eigenvalue weighted by molar-refractivity contribution is -0.136. The van der Waals surface area contributed by atoms with Crippen molar-refractivity contribution < 1.29 is 22.5 Å². The third-order valence-electron chi connectivity index (χ3n) is 0.653. The van der Waals surface area contributed by atoms with Crippen LogP contribution in [0.5, 0.6) is 0 Å². The summed E-state index contributed by atoms with van der Waals surface area (Å²) in [6.45, 7) is 0.704. The molecule has 0 saturated carbocycles. The molecule has 0 unspecified atom stereocenters. The zero-order valence-electron chi connectivity index (χ0n) is 5.90. The largest absolute Gasteiger partial charge is 0.385 e. The summed E-state index contributed by atoms with van der Waals surface area (Å²) >= 11 is 0. The van der Waals surface area contributed by atoms with Gasteiger partial charge in [0.25, 0.3) is 0 Å². The van der Waals surface area contributed by atoms with Crippen molar-refractivity contribution in [3.05, 3.63) is 0 Å². The van der Waals surface area contributed by atoms with E-state index in [0.717, 1.165) is 0 Å². The second-order valence-electron chi connectivity index (χ2n) is 1.57. The summed E-state index contributed by atoms with van der Waals surface area (Å²) in [6, 6.07) is 0. The minimum Gasteiger partial charge on any atom is -0.385 e. The molecule has 2 N–H and O–H groups in total. The normalized spacial score (nSPS) is 11.1. The van der Waals surface area contributed by atoms with Crippen molar-refractivity contribution in [1.82, 2.24) is 4.72 Å². The van der Waals surface area contributed by atoms with Crippen LogP contribution in [0.25, 0.3) is 0 Å². The van der Waals surface area contributed by atoms with Gasteiger partial charge in [-0.1, -0.05) is 6.92 Å². The number of aliphatic hydroxyl groups is 1. The number of rotatable bonds is 4. The zero-order chi connectivity index (χ0) is 8.91. The molecule has 0 amide bonds. The standard InChI is InChI=1S/C4H9NO5S/c1-2-5-11(8,9)10-4(7)3-6/h5-6H,2-3H2,1H3. The van der Waals surface area contributed by atoms with Crippen LogP contribution in [0, 0.1) is 0 Å². The second kappa shape index (κ2) is 4.27. The van der Waals surface area contributed by atoms with Crippen LogP contribution in [0.1, 0.15) is 6.92 Å². The van der Waals surface area contributed by atoms with Gasteiger partial charge in [0.1, 0.15) is 6.61 Å². The molecule has 0 heterocycles. The average molecular weight is 183 g/mol. The Bertz CT molecular complexity index is 221. The van der Waals surface area contributed by atoms with Crippen molar-refractivity contribution in [1.29, 1.82) is 0 Å². The van der Waals surface area contributed by atoms with Crippen LogP contribution in [0.15, 0.2) is 0 Å². The fourth-order valence-electron chi connectivity index (χ4n) is 0.355. The van der Waals surface area contributed by atoms with E-state index in [0.29, 0.717) is 0 Å². The molecular weight excluding hydrogens is 174 g/mol. The molecule has 0 aromatic rings. The molecule has 0 fully saturated rings. The summed E-state index contributed by atoms with van der Waals surface area (Å²) in [7, 11) is -4.00. The van der Waals surface area contributed by atoms with Crippen molar-refractivity contribution >= 4 is 16.3 Å². The summed E-state index contributed by atoms with van der Waals surface area (Å²) in [5, 5.41) is 8.10. The van der Waals surface area contributed by atoms with Gasteiger partial charge in [0, 0.05) is 6.54 Å². The lowest BCUT2D eigenvalue weighted by atomic mass is 10.8. The molecule has 0 bridgehead atoms. The van der Waals surface area contributed by atoms with Gasteiger partial charge in [-0.3, -0.25) is 0 Å². The monoisotopic (exact) mass is 183 g/mol. The first-order valence-electron chi connectivity index (χ1n) is 2.84. The highest BCUT2D eigenvalue weighted by atomic mass is 32.2. The van der Waals surface area contributed by atoms with E-state index in [-0.39, 0.29) is 6.54 Å². The zero-order valence-corrected chi connectivity index (χ0v) is 6.72.